The Kier molecular flexibility index (Phi) is 4.98. The lowest BCUT2D eigenvalue weighted by Crippen LogP contribution is -2.42. The summed E-state index contributed by atoms with van der Waals surface area (Å²) >= 11 is 0. The number of piperidine rings is 1. The van der Waals surface area contributed by atoms with E-state index in [1.54, 1.807) is 0 Å². The number of anilines is 2. The van der Waals surface area contributed by atoms with E-state index in [0.29, 0.717) is 6.54 Å². The van der Waals surface area contributed by atoms with Crippen LogP contribution in [-0.2, 0) is 11.2 Å². The predicted octanol–water partition coefficient (Wildman–Crippen LogP) is 1.48. The van der Waals surface area contributed by atoms with E-state index < -0.39 is 0 Å². The van der Waals surface area contributed by atoms with Crippen molar-refractivity contribution >= 4 is 17.5 Å². The summed E-state index contributed by atoms with van der Waals surface area (Å²) in [6.07, 6.45) is 2.63. The summed E-state index contributed by atoms with van der Waals surface area (Å²) in [6.45, 7) is 8.52. The number of hydrogen-bond acceptors (Lipinski definition) is 5. The number of primary amides is 1. The third-order valence-electron chi connectivity index (χ3n) is 3.95. The lowest BCUT2D eigenvalue weighted by Gasteiger charge is -2.33. The number of amides is 1. The van der Waals surface area contributed by atoms with E-state index in [-0.39, 0.29) is 11.8 Å². The molecule has 1 saturated heterocycles. The maximum atomic E-state index is 11.5. The fraction of sp³-hybridized carbons (Fsp3) is 0.667. The molecule has 0 aromatic carbocycles. The molecule has 6 nitrogen and oxygen atoms in total. The van der Waals surface area contributed by atoms with Crippen LogP contribution in [0.2, 0.25) is 0 Å². The summed E-state index contributed by atoms with van der Waals surface area (Å²) in [5.41, 5.74) is 6.51. The van der Waals surface area contributed by atoms with Crippen molar-refractivity contribution in [2.75, 3.05) is 29.9 Å². The van der Waals surface area contributed by atoms with Crippen molar-refractivity contribution in [3.8, 4) is 0 Å². The highest BCUT2D eigenvalue weighted by molar-refractivity contribution is 5.77. The number of aryl methyl sites for hydroxylation is 1. The Morgan fingerprint density at radius 2 is 2.19 bits per heavy atom. The molecule has 116 valence electrons. The van der Waals surface area contributed by atoms with Crippen LogP contribution in [-0.4, -0.2) is 35.5 Å². The van der Waals surface area contributed by atoms with Crippen LogP contribution < -0.4 is 16.0 Å². The third-order valence-corrected chi connectivity index (χ3v) is 3.95. The van der Waals surface area contributed by atoms with Crippen LogP contribution in [0.5, 0.6) is 0 Å². The van der Waals surface area contributed by atoms with Crippen molar-refractivity contribution in [1.29, 1.82) is 0 Å². The second-order valence-corrected chi connectivity index (χ2v) is 5.51. The van der Waals surface area contributed by atoms with Gasteiger partial charge in [-0.15, -0.1) is 0 Å². The summed E-state index contributed by atoms with van der Waals surface area (Å²) in [5.74, 6) is 2.35. The van der Waals surface area contributed by atoms with Gasteiger partial charge < -0.3 is 16.0 Å². The van der Waals surface area contributed by atoms with Crippen LogP contribution >= 0.6 is 0 Å². The first-order valence-corrected chi connectivity index (χ1v) is 7.72. The highest BCUT2D eigenvalue weighted by Crippen LogP contribution is 2.28. The molecule has 1 aromatic rings. The number of nitrogens with two attached hydrogens (primary N) is 1. The number of aromatic nitrogens is 2. The van der Waals surface area contributed by atoms with Crippen molar-refractivity contribution in [3.05, 3.63) is 11.4 Å². The Morgan fingerprint density at radius 3 is 2.81 bits per heavy atom. The topological polar surface area (TPSA) is 84.1 Å². The van der Waals surface area contributed by atoms with Crippen LogP contribution in [0.4, 0.5) is 11.6 Å². The molecule has 0 bridgehead atoms. The number of hydrogen-bond donors (Lipinski definition) is 2. The fourth-order valence-electron chi connectivity index (χ4n) is 2.76. The lowest BCUT2D eigenvalue weighted by molar-refractivity contribution is -0.122. The molecule has 1 unspecified atom stereocenters. The zero-order chi connectivity index (χ0) is 15.4. The highest BCUT2D eigenvalue weighted by atomic mass is 16.1. The van der Waals surface area contributed by atoms with Crippen LogP contribution in [0.25, 0.3) is 0 Å². The van der Waals surface area contributed by atoms with Crippen LogP contribution in [0.3, 0.4) is 0 Å². The molecule has 0 spiro atoms. The number of carbonyl (C=O) groups is 1. The number of rotatable bonds is 5. The van der Waals surface area contributed by atoms with Crippen molar-refractivity contribution in [3.63, 3.8) is 0 Å². The Hall–Kier alpha value is -1.85. The minimum absolute atomic E-state index is 0.0826. The Balaban J connectivity index is 2.33. The largest absolute Gasteiger partial charge is 0.370 e. The van der Waals surface area contributed by atoms with Crippen molar-refractivity contribution < 1.29 is 4.79 Å². The van der Waals surface area contributed by atoms with Gasteiger partial charge in [0.25, 0.3) is 0 Å². The zero-order valence-corrected chi connectivity index (χ0v) is 13.1. The first kappa shape index (κ1) is 15.5. The smallest absolute Gasteiger partial charge is 0.222 e. The lowest BCUT2D eigenvalue weighted by atomic mass is 9.97. The molecule has 2 heterocycles. The van der Waals surface area contributed by atoms with Crippen LogP contribution in [0.1, 0.15) is 38.1 Å². The van der Waals surface area contributed by atoms with Gasteiger partial charge >= 0.3 is 0 Å². The van der Waals surface area contributed by atoms with Gasteiger partial charge in [0.2, 0.25) is 5.91 Å². The van der Waals surface area contributed by atoms with E-state index in [2.05, 4.69) is 27.1 Å². The van der Waals surface area contributed by atoms with E-state index in [9.17, 15) is 4.79 Å². The van der Waals surface area contributed by atoms with Gasteiger partial charge in [-0.05, 0) is 26.7 Å². The van der Waals surface area contributed by atoms with Gasteiger partial charge in [0.1, 0.15) is 17.5 Å². The molecular weight excluding hydrogens is 266 g/mol. The van der Waals surface area contributed by atoms with E-state index in [0.717, 1.165) is 55.4 Å². The van der Waals surface area contributed by atoms with Gasteiger partial charge in [-0.25, -0.2) is 9.97 Å². The normalized spacial score (nSPS) is 18.6. The molecule has 1 aromatic heterocycles. The molecule has 1 atom stereocenters. The molecule has 6 heteroatoms. The molecule has 0 radical (unpaired) electrons. The maximum Gasteiger partial charge on any atom is 0.222 e. The van der Waals surface area contributed by atoms with Gasteiger partial charge in [0, 0.05) is 31.6 Å². The quantitative estimate of drug-likeness (QED) is 0.858. The Morgan fingerprint density at radius 1 is 1.43 bits per heavy atom. The highest BCUT2D eigenvalue weighted by Gasteiger charge is 2.26. The van der Waals surface area contributed by atoms with Gasteiger partial charge in [-0.2, -0.15) is 0 Å². The maximum absolute atomic E-state index is 11.5. The second kappa shape index (κ2) is 6.74. The molecule has 2 rings (SSSR count). The van der Waals surface area contributed by atoms with Gasteiger partial charge in [0.05, 0.1) is 5.92 Å². The zero-order valence-electron chi connectivity index (χ0n) is 13.1. The van der Waals surface area contributed by atoms with E-state index in [4.69, 9.17) is 5.73 Å². The third kappa shape index (κ3) is 3.43. The van der Waals surface area contributed by atoms with Gasteiger partial charge in [-0.3, -0.25) is 4.79 Å². The summed E-state index contributed by atoms with van der Waals surface area (Å²) < 4.78 is 0. The SMILES string of the molecule is CCNc1nc(CC)nc(N2CCCC(C(N)=O)C2)c1C. The summed E-state index contributed by atoms with van der Waals surface area (Å²) in [6, 6.07) is 0. The molecule has 0 saturated carbocycles. The van der Waals surface area contributed by atoms with E-state index in [1.807, 2.05) is 13.8 Å². The molecule has 3 N–H and O–H groups in total. The monoisotopic (exact) mass is 291 g/mol. The molecule has 1 fully saturated rings. The molecule has 1 aliphatic rings. The van der Waals surface area contributed by atoms with Gasteiger partial charge in [0.15, 0.2) is 0 Å². The Bertz CT molecular complexity index is 517. The van der Waals surface area contributed by atoms with Crippen molar-refractivity contribution in [2.45, 2.75) is 40.0 Å². The molecule has 1 amide bonds. The minimum atomic E-state index is -0.214. The van der Waals surface area contributed by atoms with Crippen molar-refractivity contribution in [1.82, 2.24) is 9.97 Å². The predicted molar refractivity (Wildman–Crippen MR) is 84.4 cm³/mol. The molecular formula is C15H25N5O. The first-order chi connectivity index (χ1) is 10.1. The summed E-state index contributed by atoms with van der Waals surface area (Å²) in [7, 11) is 0. The first-order valence-electron chi connectivity index (χ1n) is 7.72. The van der Waals surface area contributed by atoms with Gasteiger partial charge in [-0.1, -0.05) is 6.92 Å². The molecule has 1 aliphatic heterocycles. The average molecular weight is 291 g/mol. The van der Waals surface area contributed by atoms with Crippen LogP contribution in [0, 0.1) is 12.8 Å². The second-order valence-electron chi connectivity index (χ2n) is 5.51. The fourth-order valence-corrected chi connectivity index (χ4v) is 2.76. The standard InChI is InChI=1S/C15H25N5O/c1-4-12-18-14(17-5-2)10(3)15(19-12)20-8-6-7-11(9-20)13(16)21/h11H,4-9H2,1-3H3,(H2,16,21)(H,17,18,19). The van der Waals surface area contributed by atoms with Crippen LogP contribution in [0.15, 0.2) is 0 Å². The molecule has 0 aliphatic carbocycles. The summed E-state index contributed by atoms with van der Waals surface area (Å²) in [5, 5.41) is 3.29. The van der Waals surface area contributed by atoms with E-state index >= 15 is 0 Å². The summed E-state index contributed by atoms with van der Waals surface area (Å²) in [4.78, 5) is 22.9. The average Bonchev–Trinajstić information content (AvgIpc) is 2.49. The Labute approximate surface area is 126 Å². The molecule has 21 heavy (non-hydrogen) atoms. The number of nitrogens with one attached hydrogen (secondary N) is 1. The number of carbonyl (C=O) groups excluding carboxylic acids is 1. The van der Waals surface area contributed by atoms with Crippen molar-refractivity contribution in [2.24, 2.45) is 11.7 Å². The minimum Gasteiger partial charge on any atom is -0.370 e. The van der Waals surface area contributed by atoms with E-state index in [1.165, 1.54) is 0 Å². The number of nitrogens with zero attached hydrogens (tertiary/aromatic N) is 3.